The fourth-order valence-electron chi connectivity index (χ4n) is 3.54. The summed E-state index contributed by atoms with van der Waals surface area (Å²) in [5.74, 6) is 1.52. The second kappa shape index (κ2) is 5.97. The third-order valence-electron chi connectivity index (χ3n) is 4.96. The molecule has 5 heteroatoms. The van der Waals surface area contributed by atoms with E-state index in [1.165, 1.54) is 5.56 Å². The van der Waals surface area contributed by atoms with Gasteiger partial charge in [0.2, 0.25) is 6.79 Å². The highest BCUT2D eigenvalue weighted by atomic mass is 79.9. The molecule has 126 valence electrons. The number of benzene rings is 2. The summed E-state index contributed by atoms with van der Waals surface area (Å²) in [4.78, 5) is 0. The third-order valence-corrected chi connectivity index (χ3v) is 5.65. The Labute approximate surface area is 150 Å². The van der Waals surface area contributed by atoms with E-state index in [-0.39, 0.29) is 18.6 Å². The molecule has 24 heavy (non-hydrogen) atoms. The number of halogens is 1. The average Bonchev–Trinajstić information content (AvgIpc) is 3.07. The Bertz CT molecular complexity index is 773. The Morgan fingerprint density at radius 2 is 1.83 bits per heavy atom. The topological polar surface area (TPSA) is 39.7 Å². The highest BCUT2D eigenvalue weighted by Crippen LogP contribution is 2.48. The van der Waals surface area contributed by atoms with Gasteiger partial charge in [-0.05, 0) is 31.0 Å². The summed E-state index contributed by atoms with van der Waals surface area (Å²) in [5.41, 5.74) is 3.08. The minimum absolute atomic E-state index is 0.247. The zero-order valence-electron chi connectivity index (χ0n) is 13.8. The molecule has 0 saturated carbocycles. The molecule has 0 bridgehead atoms. The zero-order valence-corrected chi connectivity index (χ0v) is 15.4. The van der Waals surface area contributed by atoms with Crippen molar-refractivity contribution in [3.63, 3.8) is 0 Å². The molecule has 0 spiro atoms. The molecule has 2 aliphatic heterocycles. The van der Waals surface area contributed by atoms with Crippen molar-refractivity contribution in [2.45, 2.75) is 38.5 Å². The van der Waals surface area contributed by atoms with Crippen molar-refractivity contribution in [3.05, 3.63) is 52.0 Å². The number of nitrogens with one attached hydrogen (secondary N) is 1. The maximum absolute atomic E-state index is 6.59. The minimum Gasteiger partial charge on any atom is -0.454 e. The molecule has 1 atom stereocenters. The lowest BCUT2D eigenvalue weighted by atomic mass is 9.85. The third kappa shape index (κ3) is 2.38. The fourth-order valence-corrected chi connectivity index (χ4v) is 4.07. The van der Waals surface area contributed by atoms with Crippen molar-refractivity contribution in [2.75, 3.05) is 12.1 Å². The molecule has 0 unspecified atom stereocenters. The van der Waals surface area contributed by atoms with Crippen molar-refractivity contribution >= 4 is 21.6 Å². The molecule has 2 heterocycles. The van der Waals surface area contributed by atoms with E-state index in [1.807, 2.05) is 12.1 Å². The van der Waals surface area contributed by atoms with Crippen LogP contribution in [0.4, 0.5) is 5.69 Å². The van der Waals surface area contributed by atoms with Gasteiger partial charge in [-0.2, -0.15) is 0 Å². The molecule has 2 aromatic carbocycles. The number of rotatable bonds is 3. The van der Waals surface area contributed by atoms with E-state index < -0.39 is 0 Å². The second-order valence-electron chi connectivity index (χ2n) is 6.12. The summed E-state index contributed by atoms with van der Waals surface area (Å²) in [5, 5.41) is 3.52. The first kappa shape index (κ1) is 15.8. The van der Waals surface area contributed by atoms with Gasteiger partial charge in [0.05, 0.1) is 5.60 Å². The molecular weight excluding hydrogens is 370 g/mol. The van der Waals surface area contributed by atoms with Gasteiger partial charge in [0.15, 0.2) is 17.7 Å². The van der Waals surface area contributed by atoms with Gasteiger partial charge in [0, 0.05) is 21.3 Å². The van der Waals surface area contributed by atoms with Crippen molar-refractivity contribution in [1.82, 2.24) is 0 Å². The number of hydrogen-bond donors (Lipinski definition) is 1. The van der Waals surface area contributed by atoms with Gasteiger partial charge in [-0.25, -0.2) is 0 Å². The molecule has 0 radical (unpaired) electrons. The van der Waals surface area contributed by atoms with Crippen LogP contribution in [0.3, 0.4) is 0 Å². The summed E-state index contributed by atoms with van der Waals surface area (Å²) in [6.07, 6.45) is 1.59. The van der Waals surface area contributed by atoms with Crippen LogP contribution < -0.4 is 14.8 Å². The predicted octanol–water partition coefficient (Wildman–Crippen LogP) is 5.33. The van der Waals surface area contributed by atoms with Gasteiger partial charge < -0.3 is 19.5 Å². The van der Waals surface area contributed by atoms with Crippen LogP contribution in [0.15, 0.2) is 40.9 Å². The van der Waals surface area contributed by atoms with Gasteiger partial charge in [-0.3, -0.25) is 0 Å². The molecule has 1 N–H and O–H groups in total. The maximum Gasteiger partial charge on any atom is 0.231 e. The molecule has 0 amide bonds. The van der Waals surface area contributed by atoms with Crippen LogP contribution in [-0.4, -0.2) is 6.79 Å². The summed E-state index contributed by atoms with van der Waals surface area (Å²) in [6, 6.07) is 12.3. The molecule has 4 rings (SSSR count). The Hall–Kier alpha value is -1.72. The number of hydrogen-bond acceptors (Lipinski definition) is 4. The molecule has 4 nitrogen and oxygen atoms in total. The highest BCUT2D eigenvalue weighted by Gasteiger charge is 2.39. The maximum atomic E-state index is 6.59. The number of ether oxygens (including phenoxy) is 3. The van der Waals surface area contributed by atoms with Crippen LogP contribution in [0, 0.1) is 0 Å². The fraction of sp³-hybridized carbons (Fsp3) is 0.368. The lowest BCUT2D eigenvalue weighted by molar-refractivity contribution is -0.104. The second-order valence-corrected chi connectivity index (χ2v) is 6.97. The van der Waals surface area contributed by atoms with E-state index in [0.29, 0.717) is 0 Å². The SMILES string of the molecule is CCC1(CC)O[C@H](c2cc3c(cc2Br)OCO3)Nc2ccccc21. The molecule has 2 aliphatic rings. The van der Waals surface area contributed by atoms with E-state index in [1.54, 1.807) is 0 Å². The molecule has 0 aromatic heterocycles. The van der Waals surface area contributed by atoms with Gasteiger partial charge in [-0.15, -0.1) is 0 Å². The zero-order chi connectivity index (χ0) is 16.7. The van der Waals surface area contributed by atoms with E-state index in [0.717, 1.165) is 40.1 Å². The Morgan fingerprint density at radius 1 is 1.12 bits per heavy atom. The first-order chi connectivity index (χ1) is 11.7. The number of anilines is 1. The first-order valence-corrected chi connectivity index (χ1v) is 9.09. The van der Waals surface area contributed by atoms with Gasteiger partial charge in [-0.1, -0.05) is 48.0 Å². The molecule has 2 aromatic rings. The summed E-state index contributed by atoms with van der Waals surface area (Å²) in [7, 11) is 0. The Balaban J connectivity index is 1.79. The van der Waals surface area contributed by atoms with Crippen LogP contribution in [0.1, 0.15) is 44.0 Å². The van der Waals surface area contributed by atoms with Crippen molar-refractivity contribution in [2.24, 2.45) is 0 Å². The van der Waals surface area contributed by atoms with Crippen LogP contribution >= 0.6 is 15.9 Å². The van der Waals surface area contributed by atoms with Crippen molar-refractivity contribution < 1.29 is 14.2 Å². The minimum atomic E-state index is -0.289. The van der Waals surface area contributed by atoms with Crippen molar-refractivity contribution in [1.29, 1.82) is 0 Å². The van der Waals surface area contributed by atoms with Crippen LogP contribution in [-0.2, 0) is 10.3 Å². The van der Waals surface area contributed by atoms with Gasteiger partial charge in [0.1, 0.15) is 0 Å². The lowest BCUT2D eigenvalue weighted by Gasteiger charge is -2.43. The molecule has 0 fully saturated rings. The lowest BCUT2D eigenvalue weighted by Crippen LogP contribution is -2.38. The first-order valence-electron chi connectivity index (χ1n) is 8.30. The Morgan fingerprint density at radius 3 is 2.58 bits per heavy atom. The van der Waals surface area contributed by atoms with E-state index in [4.69, 9.17) is 14.2 Å². The summed E-state index contributed by atoms with van der Waals surface area (Å²) in [6.45, 7) is 4.62. The van der Waals surface area contributed by atoms with E-state index >= 15 is 0 Å². The van der Waals surface area contributed by atoms with Crippen LogP contribution in [0.25, 0.3) is 0 Å². The Kier molecular flexibility index (Phi) is 3.93. The van der Waals surface area contributed by atoms with Crippen LogP contribution in [0.5, 0.6) is 11.5 Å². The smallest absolute Gasteiger partial charge is 0.231 e. The summed E-state index contributed by atoms with van der Waals surface area (Å²) >= 11 is 3.65. The van der Waals surface area contributed by atoms with E-state index in [9.17, 15) is 0 Å². The van der Waals surface area contributed by atoms with Gasteiger partial charge >= 0.3 is 0 Å². The van der Waals surface area contributed by atoms with Gasteiger partial charge in [0.25, 0.3) is 0 Å². The molecule has 0 aliphatic carbocycles. The summed E-state index contributed by atoms with van der Waals surface area (Å²) < 4.78 is 18.5. The standard InChI is InChI=1S/C19H20BrNO3/c1-3-19(4-2)13-7-5-6-8-15(13)21-18(24-19)12-9-16-17(10-14(12)20)23-11-22-16/h5-10,18,21H,3-4,11H2,1-2H3/t18-/m1/s1. The predicted molar refractivity (Wildman–Crippen MR) is 96.4 cm³/mol. The molecular formula is C19H20BrNO3. The quantitative estimate of drug-likeness (QED) is 0.769. The monoisotopic (exact) mass is 389 g/mol. The average molecular weight is 390 g/mol. The van der Waals surface area contributed by atoms with Crippen molar-refractivity contribution in [3.8, 4) is 11.5 Å². The number of para-hydroxylation sites is 1. The molecule has 0 saturated heterocycles. The van der Waals surface area contributed by atoms with Crippen LogP contribution in [0.2, 0.25) is 0 Å². The van der Waals surface area contributed by atoms with E-state index in [2.05, 4.69) is 59.4 Å². The highest BCUT2D eigenvalue weighted by molar-refractivity contribution is 9.10. The largest absolute Gasteiger partial charge is 0.454 e. The normalized spacial score (nSPS) is 20.4. The number of fused-ring (bicyclic) bond motifs is 2.